The van der Waals surface area contributed by atoms with Crippen LogP contribution < -0.4 is 0 Å². The molecule has 1 aliphatic heterocycles. The van der Waals surface area contributed by atoms with E-state index in [1.54, 1.807) is 12.4 Å². The number of nitrogens with one attached hydrogen (secondary N) is 1. The van der Waals surface area contributed by atoms with E-state index in [0.29, 0.717) is 12.1 Å². The highest BCUT2D eigenvalue weighted by Crippen LogP contribution is 2.60. The van der Waals surface area contributed by atoms with Crippen LogP contribution in [0.2, 0.25) is 0 Å². The minimum Gasteiger partial charge on any atom is -0.344 e. The summed E-state index contributed by atoms with van der Waals surface area (Å²) in [6.07, 6.45) is 15.4. The van der Waals surface area contributed by atoms with Gasteiger partial charge in [-0.15, -0.1) is 5.10 Å². The predicted octanol–water partition coefficient (Wildman–Crippen LogP) is 5.81. The average Bonchev–Trinajstić information content (AvgIpc) is 3.73. The van der Waals surface area contributed by atoms with Crippen molar-refractivity contribution in [3.05, 3.63) is 77.8 Å². The Hall–Kier alpha value is -3.81. The Balaban J connectivity index is 1.05. The van der Waals surface area contributed by atoms with Gasteiger partial charge in [0.2, 0.25) is 0 Å². The predicted molar refractivity (Wildman–Crippen MR) is 151 cm³/mol. The van der Waals surface area contributed by atoms with E-state index in [9.17, 15) is 4.79 Å². The standard InChI is InChI=1S/C32H35N7O/c1-20-29(24-6-3-2-4-7-24)35-30(34-20)27-8-5-9-38(27)31(40)25-13-26(18-33-17-25)39-19-28(36-37-39)32-14-21-10-22(15-32)12-23(11-21)16-32/h2-4,6-7,13,17-19,21-23,27H,5,8-12,14-16H2,1H3,(H,34,35). The van der Waals surface area contributed by atoms with Crippen molar-refractivity contribution in [1.29, 1.82) is 0 Å². The number of aromatic nitrogens is 6. The number of amides is 1. The van der Waals surface area contributed by atoms with Crippen LogP contribution in [0, 0.1) is 24.7 Å². The molecule has 4 heterocycles. The maximum atomic E-state index is 13.8. The largest absolute Gasteiger partial charge is 0.344 e. The Morgan fingerprint density at radius 2 is 1.77 bits per heavy atom. The van der Waals surface area contributed by atoms with Gasteiger partial charge < -0.3 is 9.88 Å². The van der Waals surface area contributed by atoms with Crippen molar-refractivity contribution in [2.24, 2.45) is 17.8 Å². The van der Waals surface area contributed by atoms with Gasteiger partial charge >= 0.3 is 0 Å². The third-order valence-electron chi connectivity index (χ3n) is 10.1. The van der Waals surface area contributed by atoms with E-state index < -0.39 is 0 Å². The van der Waals surface area contributed by atoms with Crippen molar-refractivity contribution in [2.45, 2.75) is 69.7 Å². The molecule has 4 bridgehead atoms. The summed E-state index contributed by atoms with van der Waals surface area (Å²) in [5.41, 5.74) is 5.72. The summed E-state index contributed by atoms with van der Waals surface area (Å²) in [6.45, 7) is 2.75. The van der Waals surface area contributed by atoms with Crippen LogP contribution in [-0.2, 0) is 5.41 Å². The van der Waals surface area contributed by atoms with Crippen molar-refractivity contribution in [3.8, 4) is 16.9 Å². The molecule has 204 valence electrons. The van der Waals surface area contributed by atoms with Crippen LogP contribution in [0.3, 0.4) is 0 Å². The van der Waals surface area contributed by atoms with Crippen LogP contribution in [0.5, 0.6) is 0 Å². The summed E-state index contributed by atoms with van der Waals surface area (Å²) >= 11 is 0. The number of aryl methyl sites for hydroxylation is 1. The van der Waals surface area contributed by atoms with E-state index in [4.69, 9.17) is 10.1 Å². The van der Waals surface area contributed by atoms with Gasteiger partial charge in [-0.25, -0.2) is 9.67 Å². The normalized spacial score (nSPS) is 28.9. The third kappa shape index (κ3) is 3.91. The lowest BCUT2D eigenvalue weighted by atomic mass is 9.49. The van der Waals surface area contributed by atoms with Gasteiger partial charge in [-0.3, -0.25) is 9.78 Å². The molecule has 4 saturated carbocycles. The Labute approximate surface area is 234 Å². The van der Waals surface area contributed by atoms with Crippen LogP contribution in [-0.4, -0.2) is 47.3 Å². The number of imidazole rings is 1. The zero-order valence-electron chi connectivity index (χ0n) is 23.0. The van der Waals surface area contributed by atoms with Gasteiger partial charge in [-0.05, 0) is 82.1 Å². The number of H-pyrrole nitrogens is 1. The molecule has 4 aromatic rings. The molecule has 0 spiro atoms. The maximum Gasteiger partial charge on any atom is 0.256 e. The van der Waals surface area contributed by atoms with Gasteiger partial charge in [-0.1, -0.05) is 35.5 Å². The summed E-state index contributed by atoms with van der Waals surface area (Å²) in [5.74, 6) is 3.40. The molecule has 0 radical (unpaired) electrons. The van der Waals surface area contributed by atoms with E-state index in [2.05, 4.69) is 33.5 Å². The molecule has 1 unspecified atom stereocenters. The average molecular weight is 534 g/mol. The van der Waals surface area contributed by atoms with Crippen molar-refractivity contribution >= 4 is 5.91 Å². The highest BCUT2D eigenvalue weighted by molar-refractivity contribution is 5.94. The number of aromatic amines is 1. The molecule has 5 fully saturated rings. The lowest BCUT2D eigenvalue weighted by Crippen LogP contribution is -2.48. The second-order valence-corrected chi connectivity index (χ2v) is 12.8. The Morgan fingerprint density at radius 3 is 2.52 bits per heavy atom. The Kier molecular flexibility index (Phi) is 5.47. The number of carbonyl (C=O) groups is 1. The van der Waals surface area contributed by atoms with Gasteiger partial charge in [-0.2, -0.15) is 0 Å². The second kappa shape index (κ2) is 9.11. The summed E-state index contributed by atoms with van der Waals surface area (Å²) in [7, 11) is 0. The number of likely N-dealkylation sites (tertiary alicyclic amines) is 1. The van der Waals surface area contributed by atoms with E-state index in [0.717, 1.165) is 64.8 Å². The van der Waals surface area contributed by atoms with Gasteiger partial charge in [0.1, 0.15) is 5.82 Å². The first-order valence-electron chi connectivity index (χ1n) is 14.9. The number of rotatable bonds is 5. The first-order valence-corrected chi connectivity index (χ1v) is 14.9. The first kappa shape index (κ1) is 24.0. The van der Waals surface area contributed by atoms with E-state index in [1.807, 2.05) is 40.8 Å². The minimum absolute atomic E-state index is 0.0198. The summed E-state index contributed by atoms with van der Waals surface area (Å²) in [5, 5.41) is 9.23. The molecule has 9 rings (SSSR count). The zero-order valence-corrected chi connectivity index (χ0v) is 23.0. The van der Waals surface area contributed by atoms with Crippen molar-refractivity contribution in [2.75, 3.05) is 6.54 Å². The summed E-state index contributed by atoms with van der Waals surface area (Å²) in [6, 6.07) is 12.0. The highest BCUT2D eigenvalue weighted by atomic mass is 16.2. The molecule has 1 N–H and O–H groups in total. The lowest BCUT2D eigenvalue weighted by molar-refractivity contribution is -0.00724. The summed E-state index contributed by atoms with van der Waals surface area (Å²) < 4.78 is 1.82. The number of pyridine rings is 1. The fourth-order valence-corrected chi connectivity index (χ4v) is 8.71. The van der Waals surface area contributed by atoms with E-state index in [1.165, 1.54) is 38.5 Å². The van der Waals surface area contributed by atoms with Crippen molar-refractivity contribution < 1.29 is 4.79 Å². The first-order chi connectivity index (χ1) is 19.5. The molecule has 40 heavy (non-hydrogen) atoms. The zero-order chi connectivity index (χ0) is 26.8. The number of carbonyl (C=O) groups excluding carboxylic acids is 1. The molecule has 4 aliphatic carbocycles. The van der Waals surface area contributed by atoms with Crippen molar-refractivity contribution in [1.82, 2.24) is 34.8 Å². The van der Waals surface area contributed by atoms with Gasteiger partial charge in [0, 0.05) is 29.4 Å². The van der Waals surface area contributed by atoms with Crippen LogP contribution in [0.4, 0.5) is 0 Å². The number of hydrogen-bond acceptors (Lipinski definition) is 5. The molecule has 1 amide bonds. The van der Waals surface area contributed by atoms with Crippen LogP contribution >= 0.6 is 0 Å². The molecule has 1 saturated heterocycles. The quantitative estimate of drug-likeness (QED) is 0.350. The van der Waals surface area contributed by atoms with Gasteiger partial charge in [0.25, 0.3) is 5.91 Å². The lowest BCUT2D eigenvalue weighted by Gasteiger charge is -2.56. The molecule has 1 atom stereocenters. The second-order valence-electron chi connectivity index (χ2n) is 12.8. The molecule has 3 aromatic heterocycles. The molecule has 1 aromatic carbocycles. The molecular formula is C32H35N7O. The van der Waals surface area contributed by atoms with Gasteiger partial charge in [0.15, 0.2) is 0 Å². The number of benzene rings is 1. The molecular weight excluding hydrogens is 498 g/mol. The van der Waals surface area contributed by atoms with Crippen LogP contribution in [0.25, 0.3) is 16.9 Å². The molecule has 8 heteroatoms. The number of nitrogens with zero attached hydrogens (tertiary/aromatic N) is 6. The SMILES string of the molecule is Cc1[nH]c(C2CCCN2C(=O)c2cncc(-n3cc(C45CC6CC(CC(C6)C4)C5)nn3)c2)nc1-c1ccccc1. The molecule has 8 nitrogen and oxygen atoms in total. The smallest absolute Gasteiger partial charge is 0.256 e. The monoisotopic (exact) mass is 533 g/mol. The Morgan fingerprint density at radius 1 is 1.02 bits per heavy atom. The molecule has 5 aliphatic rings. The van der Waals surface area contributed by atoms with Gasteiger partial charge in [0.05, 0.1) is 41.1 Å². The minimum atomic E-state index is -0.0821. The Bertz CT molecular complexity index is 1540. The third-order valence-corrected chi connectivity index (χ3v) is 10.1. The maximum absolute atomic E-state index is 13.8. The van der Waals surface area contributed by atoms with Crippen LogP contribution in [0.15, 0.2) is 55.0 Å². The fourth-order valence-electron chi connectivity index (χ4n) is 8.71. The topological polar surface area (TPSA) is 92.6 Å². The fraction of sp³-hybridized carbons (Fsp3) is 0.469. The summed E-state index contributed by atoms with van der Waals surface area (Å²) in [4.78, 5) is 28.6. The number of hydrogen-bond donors (Lipinski definition) is 1. The van der Waals surface area contributed by atoms with Crippen molar-refractivity contribution in [3.63, 3.8) is 0 Å². The van der Waals surface area contributed by atoms with E-state index >= 15 is 0 Å². The van der Waals surface area contributed by atoms with E-state index in [-0.39, 0.29) is 17.4 Å². The van der Waals surface area contributed by atoms with Crippen LogP contribution in [0.1, 0.15) is 85.0 Å². The highest BCUT2D eigenvalue weighted by Gasteiger charge is 2.52.